The highest BCUT2D eigenvalue weighted by Crippen LogP contribution is 2.26. The van der Waals surface area contributed by atoms with Gasteiger partial charge in [0.2, 0.25) is 0 Å². The molecule has 2 aliphatic rings. The fourth-order valence-corrected chi connectivity index (χ4v) is 3.55. The van der Waals surface area contributed by atoms with Crippen LogP contribution in [0.3, 0.4) is 0 Å². The molecule has 0 aromatic rings. The zero-order valence-electron chi connectivity index (χ0n) is 10.4. The predicted molar refractivity (Wildman–Crippen MR) is 72.5 cm³/mol. The molecule has 1 N–H and O–H groups in total. The average molecular weight is 283 g/mol. The minimum absolute atomic E-state index is 0. The second kappa shape index (κ2) is 6.36. The molecule has 2 atom stereocenters. The number of nitrogens with zero attached hydrogens (tertiary/aromatic N) is 1. The number of hydrogen-bond acceptors (Lipinski definition) is 4. The number of piperidine rings is 1. The summed E-state index contributed by atoms with van der Waals surface area (Å²) in [7, 11) is -2.80. The molecule has 2 saturated heterocycles. The molecule has 6 heteroatoms. The smallest absolute Gasteiger partial charge is 0.151 e. The van der Waals surface area contributed by atoms with E-state index >= 15 is 0 Å². The number of sulfone groups is 1. The molecular weight excluding hydrogens is 260 g/mol. The van der Waals surface area contributed by atoms with E-state index in [-0.39, 0.29) is 18.2 Å². The molecule has 0 spiro atoms. The molecule has 2 fully saturated rings. The van der Waals surface area contributed by atoms with E-state index in [0.29, 0.717) is 5.75 Å². The van der Waals surface area contributed by atoms with Gasteiger partial charge in [-0.05, 0) is 37.9 Å². The monoisotopic (exact) mass is 282 g/mol. The van der Waals surface area contributed by atoms with Gasteiger partial charge < -0.3 is 10.2 Å². The van der Waals surface area contributed by atoms with Crippen LogP contribution >= 0.6 is 12.4 Å². The molecule has 0 aliphatic carbocycles. The fourth-order valence-electron chi connectivity index (χ4n) is 2.73. The Hall–Kier alpha value is 0.160. The molecule has 4 nitrogen and oxygen atoms in total. The van der Waals surface area contributed by atoms with Gasteiger partial charge in [-0.15, -0.1) is 12.4 Å². The van der Waals surface area contributed by atoms with Gasteiger partial charge in [0, 0.05) is 18.8 Å². The first-order valence-electron chi connectivity index (χ1n) is 6.24. The first kappa shape index (κ1) is 15.2. The Bertz CT molecular complexity index is 334. The maximum atomic E-state index is 11.4. The van der Waals surface area contributed by atoms with Gasteiger partial charge in [-0.2, -0.15) is 0 Å². The lowest BCUT2D eigenvalue weighted by molar-refractivity contribution is 0.156. The minimum atomic E-state index is -2.80. The molecule has 0 radical (unpaired) electrons. The third-order valence-electron chi connectivity index (χ3n) is 3.95. The Balaban J connectivity index is 0.00000144. The van der Waals surface area contributed by atoms with Crippen LogP contribution in [0.4, 0.5) is 0 Å². The van der Waals surface area contributed by atoms with E-state index in [1.807, 2.05) is 0 Å². The van der Waals surface area contributed by atoms with E-state index in [9.17, 15) is 8.42 Å². The zero-order chi connectivity index (χ0) is 11.6. The molecule has 17 heavy (non-hydrogen) atoms. The van der Waals surface area contributed by atoms with Gasteiger partial charge in [0.25, 0.3) is 0 Å². The van der Waals surface area contributed by atoms with Crippen molar-refractivity contribution < 1.29 is 8.42 Å². The lowest BCUT2D eigenvalue weighted by atomic mass is 9.89. The maximum absolute atomic E-state index is 11.4. The predicted octanol–water partition coefficient (Wildman–Crippen LogP) is 0.384. The summed E-state index contributed by atoms with van der Waals surface area (Å²) in [5, 5.41) is 3.42. The van der Waals surface area contributed by atoms with Crippen LogP contribution < -0.4 is 5.32 Å². The van der Waals surface area contributed by atoms with Crippen molar-refractivity contribution >= 4 is 22.2 Å². The third-order valence-corrected chi connectivity index (χ3v) is 5.63. The summed E-state index contributed by atoms with van der Waals surface area (Å²) in [4.78, 5) is 2.32. The van der Waals surface area contributed by atoms with Gasteiger partial charge in [0.05, 0.1) is 5.75 Å². The van der Waals surface area contributed by atoms with Crippen LogP contribution in [0.15, 0.2) is 0 Å². The second-order valence-corrected chi connectivity index (χ2v) is 7.48. The van der Waals surface area contributed by atoms with Gasteiger partial charge in [0.15, 0.2) is 9.84 Å². The largest absolute Gasteiger partial charge is 0.316 e. The van der Waals surface area contributed by atoms with Crippen molar-refractivity contribution in [1.29, 1.82) is 0 Å². The van der Waals surface area contributed by atoms with E-state index < -0.39 is 9.84 Å². The summed E-state index contributed by atoms with van der Waals surface area (Å²) in [6.07, 6.45) is 1.23. The molecule has 102 valence electrons. The summed E-state index contributed by atoms with van der Waals surface area (Å²) in [6, 6.07) is 0. The standard InChI is InChI=1S/C11H22N2O2S.ClH/c1-2-16(14,15)6-5-13-4-3-10-7-12-8-11(10)9-13;/h10-12H,2-9H2,1H3;1H. The van der Waals surface area contributed by atoms with Crippen LogP contribution in [0.1, 0.15) is 13.3 Å². The highest BCUT2D eigenvalue weighted by molar-refractivity contribution is 7.91. The SMILES string of the molecule is CCS(=O)(=O)CCN1CCC2CNCC2C1.Cl. The number of hydrogen-bond donors (Lipinski definition) is 1. The third kappa shape index (κ3) is 4.09. The second-order valence-electron chi connectivity index (χ2n) is 5.00. The lowest BCUT2D eigenvalue weighted by Gasteiger charge is -2.34. The summed E-state index contributed by atoms with van der Waals surface area (Å²) >= 11 is 0. The van der Waals surface area contributed by atoms with E-state index in [1.165, 1.54) is 6.42 Å². The van der Waals surface area contributed by atoms with Crippen molar-refractivity contribution in [2.75, 3.05) is 44.2 Å². The molecule has 2 unspecified atom stereocenters. The molecular formula is C11H23ClN2O2S. The summed E-state index contributed by atoms with van der Waals surface area (Å²) in [6.45, 7) is 6.87. The van der Waals surface area contributed by atoms with Crippen LogP contribution in [0.5, 0.6) is 0 Å². The van der Waals surface area contributed by atoms with Crippen LogP contribution in [0.2, 0.25) is 0 Å². The number of likely N-dealkylation sites (tertiary alicyclic amines) is 1. The summed E-state index contributed by atoms with van der Waals surface area (Å²) in [5.74, 6) is 2.18. The lowest BCUT2D eigenvalue weighted by Crippen LogP contribution is -2.42. The van der Waals surface area contributed by atoms with Crippen molar-refractivity contribution in [1.82, 2.24) is 10.2 Å². The van der Waals surface area contributed by atoms with Crippen LogP contribution in [0, 0.1) is 11.8 Å². The minimum Gasteiger partial charge on any atom is -0.316 e. The first-order valence-corrected chi connectivity index (χ1v) is 8.06. The maximum Gasteiger partial charge on any atom is 0.151 e. The quantitative estimate of drug-likeness (QED) is 0.810. The number of fused-ring (bicyclic) bond motifs is 1. The van der Waals surface area contributed by atoms with Gasteiger partial charge in [-0.25, -0.2) is 8.42 Å². The Labute approximate surface area is 110 Å². The molecule has 0 aromatic carbocycles. The molecule has 0 saturated carbocycles. The van der Waals surface area contributed by atoms with Gasteiger partial charge in [-0.1, -0.05) is 6.92 Å². The van der Waals surface area contributed by atoms with Gasteiger partial charge in [0.1, 0.15) is 0 Å². The molecule has 2 aliphatic heterocycles. The van der Waals surface area contributed by atoms with Gasteiger partial charge in [-0.3, -0.25) is 0 Å². The molecule has 2 heterocycles. The van der Waals surface area contributed by atoms with Crippen LogP contribution in [-0.4, -0.2) is 57.5 Å². The van der Waals surface area contributed by atoms with Crippen molar-refractivity contribution in [3.05, 3.63) is 0 Å². The summed E-state index contributed by atoms with van der Waals surface area (Å²) < 4.78 is 22.9. The van der Waals surface area contributed by atoms with Crippen LogP contribution in [-0.2, 0) is 9.84 Å². The number of nitrogens with one attached hydrogen (secondary N) is 1. The Morgan fingerprint density at radius 2 is 2.00 bits per heavy atom. The summed E-state index contributed by atoms with van der Waals surface area (Å²) in [5.41, 5.74) is 0. The van der Waals surface area contributed by atoms with Crippen LogP contribution in [0.25, 0.3) is 0 Å². The molecule has 0 bridgehead atoms. The van der Waals surface area contributed by atoms with E-state index in [0.717, 1.165) is 44.6 Å². The Morgan fingerprint density at radius 1 is 1.29 bits per heavy atom. The van der Waals surface area contributed by atoms with Gasteiger partial charge >= 0.3 is 0 Å². The highest BCUT2D eigenvalue weighted by Gasteiger charge is 2.32. The van der Waals surface area contributed by atoms with E-state index in [2.05, 4.69) is 10.2 Å². The van der Waals surface area contributed by atoms with Crippen molar-refractivity contribution in [2.45, 2.75) is 13.3 Å². The Morgan fingerprint density at radius 3 is 2.71 bits per heavy atom. The normalized spacial score (nSPS) is 29.7. The molecule has 0 aromatic heterocycles. The van der Waals surface area contributed by atoms with Crippen molar-refractivity contribution in [2.24, 2.45) is 11.8 Å². The van der Waals surface area contributed by atoms with E-state index in [1.54, 1.807) is 6.92 Å². The highest BCUT2D eigenvalue weighted by atomic mass is 35.5. The van der Waals surface area contributed by atoms with E-state index in [4.69, 9.17) is 0 Å². The number of rotatable bonds is 4. The first-order chi connectivity index (χ1) is 7.61. The van der Waals surface area contributed by atoms with Crippen molar-refractivity contribution in [3.8, 4) is 0 Å². The average Bonchev–Trinajstić information content (AvgIpc) is 2.73. The molecule has 0 amide bonds. The zero-order valence-corrected chi connectivity index (χ0v) is 12.0. The van der Waals surface area contributed by atoms with Crippen molar-refractivity contribution in [3.63, 3.8) is 0 Å². The Kier molecular flexibility index (Phi) is 5.70. The fraction of sp³-hybridized carbons (Fsp3) is 1.00. The number of halogens is 1. The molecule has 2 rings (SSSR count). The topological polar surface area (TPSA) is 49.4 Å².